The average Bonchev–Trinajstić information content (AvgIpc) is 3.80. The summed E-state index contributed by atoms with van der Waals surface area (Å²) in [6, 6.07) is 7.25. The van der Waals surface area contributed by atoms with Crippen molar-refractivity contribution in [1.29, 1.82) is 0 Å². The molecular weight excluding hydrogens is 540 g/mol. The lowest BCUT2D eigenvalue weighted by atomic mass is 9.84. The first-order chi connectivity index (χ1) is 20.2. The Morgan fingerprint density at radius 1 is 0.952 bits per heavy atom. The number of carbonyl (C=O) groups is 3. The minimum Gasteiger partial charge on any atom is -0.507 e. The molecule has 1 N–H and O–H groups in total. The van der Waals surface area contributed by atoms with E-state index in [4.69, 9.17) is 23.7 Å². The van der Waals surface area contributed by atoms with Crippen molar-refractivity contribution in [3.8, 4) is 23.0 Å². The zero-order valence-corrected chi connectivity index (χ0v) is 25.2. The Morgan fingerprint density at radius 3 is 2.21 bits per heavy atom. The molecule has 2 aromatic rings. The predicted octanol–water partition coefficient (Wildman–Crippen LogP) is 5.39. The topological polar surface area (TPSA) is 118 Å². The van der Waals surface area contributed by atoms with Crippen molar-refractivity contribution in [3.63, 3.8) is 0 Å². The number of ketones is 1. The van der Waals surface area contributed by atoms with Crippen LogP contribution in [0, 0.1) is 11.8 Å². The Labute approximate surface area is 247 Å². The summed E-state index contributed by atoms with van der Waals surface area (Å²) in [5.41, 5.74) is 1.60. The highest BCUT2D eigenvalue weighted by Crippen LogP contribution is 2.54. The summed E-state index contributed by atoms with van der Waals surface area (Å²) in [5.74, 6) is 0.200. The van der Waals surface area contributed by atoms with E-state index in [0.717, 1.165) is 24.0 Å². The molecule has 0 saturated heterocycles. The van der Waals surface area contributed by atoms with Crippen LogP contribution < -0.4 is 14.2 Å². The van der Waals surface area contributed by atoms with Crippen LogP contribution in [-0.2, 0) is 38.3 Å². The van der Waals surface area contributed by atoms with E-state index in [1.807, 2.05) is 19.1 Å². The molecule has 0 aromatic heterocycles. The molecule has 42 heavy (non-hydrogen) atoms. The average molecular weight is 583 g/mol. The molecule has 1 fully saturated rings. The van der Waals surface area contributed by atoms with Crippen LogP contribution in [0.5, 0.6) is 23.0 Å². The highest BCUT2D eigenvalue weighted by Gasteiger charge is 2.64. The second-order valence-corrected chi connectivity index (χ2v) is 11.0. The van der Waals surface area contributed by atoms with Crippen LogP contribution in [0.3, 0.4) is 0 Å². The molecule has 0 amide bonds. The Balaban J connectivity index is 1.47. The molecule has 9 nitrogen and oxygen atoms in total. The number of esters is 2. The number of hydrogen-bond donors (Lipinski definition) is 1. The Bertz CT molecular complexity index is 1320. The van der Waals surface area contributed by atoms with Gasteiger partial charge in [0.15, 0.2) is 5.78 Å². The molecule has 3 atom stereocenters. The molecule has 2 aliphatic rings. The maximum absolute atomic E-state index is 13.1. The lowest BCUT2D eigenvalue weighted by Gasteiger charge is -2.38. The molecule has 2 aromatic carbocycles. The normalized spacial score (nSPS) is 20.6. The van der Waals surface area contributed by atoms with Crippen LogP contribution in [0.25, 0.3) is 0 Å². The highest BCUT2D eigenvalue weighted by atomic mass is 16.6. The number of fused-ring (bicyclic) bond motifs is 1. The quantitative estimate of drug-likeness (QED) is 0.178. The molecule has 0 bridgehead atoms. The van der Waals surface area contributed by atoms with E-state index in [-0.39, 0.29) is 29.3 Å². The number of rotatable bonds is 14. The van der Waals surface area contributed by atoms with Gasteiger partial charge in [-0.25, -0.2) is 4.79 Å². The minimum atomic E-state index is -1.24. The molecule has 1 saturated carbocycles. The summed E-state index contributed by atoms with van der Waals surface area (Å²) in [7, 11) is 2.70. The lowest BCUT2D eigenvalue weighted by Crippen LogP contribution is -2.51. The van der Waals surface area contributed by atoms with Gasteiger partial charge in [0.1, 0.15) is 23.0 Å². The Hall–Kier alpha value is -3.75. The van der Waals surface area contributed by atoms with Gasteiger partial charge in [-0.2, -0.15) is 0 Å². The lowest BCUT2D eigenvalue weighted by molar-refractivity contribution is -0.164. The largest absolute Gasteiger partial charge is 0.507 e. The van der Waals surface area contributed by atoms with Crippen molar-refractivity contribution in [3.05, 3.63) is 46.5 Å². The van der Waals surface area contributed by atoms with Gasteiger partial charge in [-0.3, -0.25) is 9.59 Å². The van der Waals surface area contributed by atoms with Crippen molar-refractivity contribution in [2.24, 2.45) is 11.8 Å². The molecule has 0 spiro atoms. The van der Waals surface area contributed by atoms with Gasteiger partial charge in [-0.15, -0.1) is 0 Å². The summed E-state index contributed by atoms with van der Waals surface area (Å²) < 4.78 is 28.9. The highest BCUT2D eigenvalue weighted by molar-refractivity contribution is 5.97. The molecule has 0 radical (unpaired) electrons. The first-order valence-electron chi connectivity index (χ1n) is 14.8. The zero-order valence-electron chi connectivity index (χ0n) is 25.2. The van der Waals surface area contributed by atoms with Gasteiger partial charge >= 0.3 is 11.9 Å². The molecule has 9 heteroatoms. The number of Topliss-reactive ketones (excluding diaryl/α,β-unsaturated/α-hetero) is 1. The number of ether oxygens (including phenoxy) is 5. The van der Waals surface area contributed by atoms with E-state index in [0.29, 0.717) is 80.1 Å². The van der Waals surface area contributed by atoms with Gasteiger partial charge in [0.05, 0.1) is 38.9 Å². The third-order valence-corrected chi connectivity index (χ3v) is 8.20. The van der Waals surface area contributed by atoms with Gasteiger partial charge in [-0.1, -0.05) is 32.8 Å². The van der Waals surface area contributed by atoms with Crippen molar-refractivity contribution in [1.82, 2.24) is 0 Å². The van der Waals surface area contributed by atoms with E-state index < -0.39 is 11.6 Å². The molecule has 1 aliphatic heterocycles. The first-order valence-corrected chi connectivity index (χ1v) is 14.8. The Morgan fingerprint density at radius 2 is 1.60 bits per heavy atom. The van der Waals surface area contributed by atoms with E-state index in [9.17, 15) is 19.5 Å². The Kier molecular flexibility index (Phi) is 10.0. The van der Waals surface area contributed by atoms with Crippen LogP contribution in [0.15, 0.2) is 24.3 Å². The number of aryl methyl sites for hydroxylation is 1. The predicted molar refractivity (Wildman–Crippen MR) is 155 cm³/mol. The minimum absolute atomic E-state index is 0.0106. The number of aromatic hydroxyl groups is 1. The molecule has 4 rings (SSSR count). The van der Waals surface area contributed by atoms with E-state index >= 15 is 0 Å². The molecule has 1 heterocycles. The summed E-state index contributed by atoms with van der Waals surface area (Å²) in [5, 5.41) is 10.6. The van der Waals surface area contributed by atoms with E-state index in [1.165, 1.54) is 21.1 Å². The number of phenols is 1. The van der Waals surface area contributed by atoms with Crippen molar-refractivity contribution in [2.75, 3.05) is 27.4 Å². The standard InChI is InChI=1S/C33H42O9/c1-6-9-23-27(14-12-22(20(3)34)29(23)35)40-17-8-18-41-28-13-11-21-15-16-33(32(37)39-5,26-19-25(26)31(36)38-4)42-30(21)24(28)10-7-2/h11-14,25-26,35H,6-10,15-19H2,1-5H3. The fraction of sp³-hybridized carbons (Fsp3) is 0.545. The van der Waals surface area contributed by atoms with Crippen LogP contribution in [0.4, 0.5) is 0 Å². The summed E-state index contributed by atoms with van der Waals surface area (Å²) in [6.07, 6.45) is 5.09. The molecule has 1 aliphatic carbocycles. The van der Waals surface area contributed by atoms with Gasteiger partial charge < -0.3 is 28.8 Å². The molecule has 228 valence electrons. The zero-order chi connectivity index (χ0) is 30.4. The summed E-state index contributed by atoms with van der Waals surface area (Å²) >= 11 is 0. The van der Waals surface area contributed by atoms with Crippen LogP contribution >= 0.6 is 0 Å². The third-order valence-electron chi connectivity index (χ3n) is 8.20. The number of methoxy groups -OCH3 is 2. The third kappa shape index (κ3) is 6.20. The van der Waals surface area contributed by atoms with Crippen molar-refractivity contribution in [2.45, 2.75) is 77.7 Å². The van der Waals surface area contributed by atoms with Gasteiger partial charge in [0.25, 0.3) is 0 Å². The number of carbonyl (C=O) groups excluding carboxylic acids is 3. The number of benzene rings is 2. The number of hydrogen-bond acceptors (Lipinski definition) is 9. The van der Waals surface area contributed by atoms with Crippen LogP contribution in [0.1, 0.15) is 79.9 Å². The SMILES string of the molecule is CCCc1c(OCCCOc2ccc3c(c2CCC)OC(C(=O)OC)(C2CC2C(=O)OC)CC3)ccc(C(C)=O)c1O. The van der Waals surface area contributed by atoms with Crippen LogP contribution in [0.2, 0.25) is 0 Å². The molecule has 3 unspecified atom stereocenters. The second kappa shape index (κ2) is 13.5. The van der Waals surface area contributed by atoms with Gasteiger partial charge in [-0.05, 0) is 56.4 Å². The van der Waals surface area contributed by atoms with E-state index in [2.05, 4.69) is 6.92 Å². The fourth-order valence-corrected chi connectivity index (χ4v) is 5.96. The van der Waals surface area contributed by atoms with Crippen molar-refractivity contribution < 1.29 is 43.2 Å². The van der Waals surface area contributed by atoms with Crippen molar-refractivity contribution >= 4 is 17.7 Å². The van der Waals surface area contributed by atoms with Gasteiger partial charge in [0, 0.05) is 29.9 Å². The maximum Gasteiger partial charge on any atom is 0.350 e. The fourth-order valence-electron chi connectivity index (χ4n) is 5.96. The van der Waals surface area contributed by atoms with Crippen LogP contribution in [-0.4, -0.2) is 55.9 Å². The first kappa shape index (κ1) is 31.2. The molecular formula is C33H42O9. The summed E-state index contributed by atoms with van der Waals surface area (Å²) in [4.78, 5) is 37.2. The summed E-state index contributed by atoms with van der Waals surface area (Å²) in [6.45, 7) is 6.25. The van der Waals surface area contributed by atoms with E-state index in [1.54, 1.807) is 12.1 Å². The maximum atomic E-state index is 13.1. The van der Waals surface area contributed by atoms with Gasteiger partial charge in [0.2, 0.25) is 5.60 Å². The smallest absolute Gasteiger partial charge is 0.350 e. The second-order valence-electron chi connectivity index (χ2n) is 11.0. The number of phenolic OH excluding ortho intramolecular Hbond substituents is 1. The monoisotopic (exact) mass is 582 g/mol.